The third-order valence-corrected chi connectivity index (χ3v) is 3.78. The number of amides is 1. The summed E-state index contributed by atoms with van der Waals surface area (Å²) in [5, 5.41) is 3.98. The molecule has 0 saturated heterocycles. The zero-order chi connectivity index (χ0) is 14.5. The van der Waals surface area contributed by atoms with Crippen LogP contribution in [0.15, 0.2) is 18.2 Å². The molecular formula is C14H20Cl2N2O. The van der Waals surface area contributed by atoms with Crippen LogP contribution in [0.25, 0.3) is 0 Å². The van der Waals surface area contributed by atoms with E-state index < -0.39 is 0 Å². The van der Waals surface area contributed by atoms with Gasteiger partial charge in [-0.25, -0.2) is 0 Å². The van der Waals surface area contributed by atoms with Gasteiger partial charge in [-0.1, -0.05) is 43.1 Å². The van der Waals surface area contributed by atoms with Gasteiger partial charge in [0.25, 0.3) is 0 Å². The van der Waals surface area contributed by atoms with Crippen LogP contribution in [0.1, 0.15) is 32.3 Å². The van der Waals surface area contributed by atoms with E-state index in [9.17, 15) is 4.79 Å². The Morgan fingerprint density at radius 1 is 1.32 bits per heavy atom. The smallest absolute Gasteiger partial charge is 0.220 e. The third kappa shape index (κ3) is 5.01. The first kappa shape index (κ1) is 16.3. The van der Waals surface area contributed by atoms with Gasteiger partial charge in [0.2, 0.25) is 5.91 Å². The molecule has 0 bridgehead atoms. The molecule has 106 valence electrons. The molecule has 1 aromatic rings. The van der Waals surface area contributed by atoms with Gasteiger partial charge in [-0.15, -0.1) is 0 Å². The molecule has 0 aliphatic rings. The molecular weight excluding hydrogens is 283 g/mol. The average Bonchev–Trinajstić information content (AvgIpc) is 2.37. The summed E-state index contributed by atoms with van der Waals surface area (Å²) in [6.07, 6.45) is 1.17. The molecule has 0 aromatic heterocycles. The lowest BCUT2D eigenvalue weighted by Crippen LogP contribution is -2.36. The zero-order valence-corrected chi connectivity index (χ0v) is 12.8. The topological polar surface area (TPSA) is 55.1 Å². The van der Waals surface area contributed by atoms with E-state index in [0.717, 1.165) is 5.56 Å². The highest BCUT2D eigenvalue weighted by Crippen LogP contribution is 2.29. The summed E-state index contributed by atoms with van der Waals surface area (Å²) in [6.45, 7) is 5.18. The Hall–Kier alpha value is -0.770. The molecule has 1 amide bonds. The molecule has 1 rings (SSSR count). The summed E-state index contributed by atoms with van der Waals surface area (Å²) < 4.78 is 0. The van der Waals surface area contributed by atoms with Crippen LogP contribution in [-0.4, -0.2) is 19.0 Å². The Labute approximate surface area is 124 Å². The predicted molar refractivity (Wildman–Crippen MR) is 80.8 cm³/mol. The van der Waals surface area contributed by atoms with Gasteiger partial charge >= 0.3 is 0 Å². The zero-order valence-electron chi connectivity index (χ0n) is 11.3. The number of carbonyl (C=O) groups is 1. The second-order valence-corrected chi connectivity index (χ2v) is 6.00. The molecule has 1 aromatic carbocycles. The number of carbonyl (C=O) groups excluding carboxylic acids is 1. The van der Waals surface area contributed by atoms with Gasteiger partial charge in [0.1, 0.15) is 0 Å². The van der Waals surface area contributed by atoms with Crippen LogP contribution >= 0.6 is 23.2 Å². The van der Waals surface area contributed by atoms with Crippen LogP contribution in [0.5, 0.6) is 0 Å². The summed E-state index contributed by atoms with van der Waals surface area (Å²) in [6, 6.07) is 5.55. The number of benzene rings is 1. The van der Waals surface area contributed by atoms with Crippen LogP contribution in [0.3, 0.4) is 0 Å². The Bertz CT molecular complexity index is 447. The molecule has 0 saturated carbocycles. The van der Waals surface area contributed by atoms with Crippen molar-refractivity contribution in [3.8, 4) is 0 Å². The van der Waals surface area contributed by atoms with Crippen LogP contribution < -0.4 is 11.1 Å². The van der Waals surface area contributed by atoms with Crippen molar-refractivity contribution in [2.45, 2.75) is 32.1 Å². The van der Waals surface area contributed by atoms with E-state index in [1.54, 1.807) is 6.07 Å². The monoisotopic (exact) mass is 302 g/mol. The molecule has 19 heavy (non-hydrogen) atoms. The van der Waals surface area contributed by atoms with Crippen molar-refractivity contribution in [1.29, 1.82) is 0 Å². The van der Waals surface area contributed by atoms with Gasteiger partial charge in [-0.3, -0.25) is 4.79 Å². The second kappa shape index (κ2) is 7.13. The van der Waals surface area contributed by atoms with E-state index in [1.165, 1.54) is 0 Å². The Morgan fingerprint density at radius 3 is 2.58 bits per heavy atom. The fourth-order valence-corrected chi connectivity index (χ4v) is 1.99. The Kier molecular flexibility index (Phi) is 6.11. The maximum absolute atomic E-state index is 11.6. The molecule has 0 radical (unpaired) electrons. The fraction of sp³-hybridized carbons (Fsp3) is 0.500. The Balaban J connectivity index is 2.64. The van der Waals surface area contributed by atoms with Crippen molar-refractivity contribution in [3.63, 3.8) is 0 Å². The first-order chi connectivity index (χ1) is 8.86. The maximum Gasteiger partial charge on any atom is 0.220 e. The largest absolute Gasteiger partial charge is 0.355 e. The number of hydrogen-bond acceptors (Lipinski definition) is 2. The molecule has 0 spiro atoms. The molecule has 0 fully saturated rings. The molecule has 0 heterocycles. The van der Waals surface area contributed by atoms with Gasteiger partial charge in [0.05, 0.1) is 10.0 Å². The molecule has 0 aliphatic carbocycles. The van der Waals surface area contributed by atoms with Crippen LogP contribution in [0.4, 0.5) is 0 Å². The Morgan fingerprint density at radius 2 is 2.00 bits per heavy atom. The van der Waals surface area contributed by atoms with E-state index in [0.29, 0.717) is 36.0 Å². The van der Waals surface area contributed by atoms with Gasteiger partial charge < -0.3 is 11.1 Å². The van der Waals surface area contributed by atoms with Crippen LogP contribution in [0, 0.1) is 0 Å². The molecule has 0 unspecified atom stereocenters. The molecule has 3 nitrogen and oxygen atoms in total. The van der Waals surface area contributed by atoms with Crippen molar-refractivity contribution < 1.29 is 4.79 Å². The quantitative estimate of drug-likeness (QED) is 0.848. The minimum absolute atomic E-state index is 0.0265. The minimum atomic E-state index is -0.202. The van der Waals surface area contributed by atoms with E-state index in [-0.39, 0.29) is 11.3 Å². The number of hydrogen-bond donors (Lipinski definition) is 2. The molecule has 5 heteroatoms. The van der Waals surface area contributed by atoms with Crippen molar-refractivity contribution in [1.82, 2.24) is 5.32 Å². The van der Waals surface area contributed by atoms with Crippen LogP contribution in [0.2, 0.25) is 10.0 Å². The molecule has 3 N–H and O–H groups in total. The summed E-state index contributed by atoms with van der Waals surface area (Å²) >= 11 is 11.9. The molecule has 0 aliphatic heterocycles. The lowest BCUT2D eigenvalue weighted by atomic mass is 9.84. The van der Waals surface area contributed by atoms with Gasteiger partial charge in [-0.05, 0) is 30.7 Å². The lowest BCUT2D eigenvalue weighted by molar-refractivity contribution is -0.121. The molecule has 0 atom stereocenters. The number of nitrogens with one attached hydrogen (secondary N) is 1. The van der Waals surface area contributed by atoms with Gasteiger partial charge in [0.15, 0.2) is 0 Å². The van der Waals surface area contributed by atoms with Crippen LogP contribution in [-0.2, 0) is 10.2 Å². The summed E-state index contributed by atoms with van der Waals surface area (Å²) in [4.78, 5) is 11.6. The summed E-state index contributed by atoms with van der Waals surface area (Å²) in [5.41, 5.74) is 6.21. The number of halogens is 2. The first-order valence-corrected chi connectivity index (χ1v) is 7.04. The van der Waals surface area contributed by atoms with Crippen molar-refractivity contribution >= 4 is 29.1 Å². The maximum atomic E-state index is 11.6. The summed E-state index contributed by atoms with van der Waals surface area (Å²) in [5.74, 6) is 0.0265. The first-order valence-electron chi connectivity index (χ1n) is 6.29. The van der Waals surface area contributed by atoms with Crippen molar-refractivity contribution in [3.05, 3.63) is 33.8 Å². The lowest BCUT2D eigenvalue weighted by Gasteiger charge is -2.26. The van der Waals surface area contributed by atoms with E-state index in [1.807, 2.05) is 12.1 Å². The number of rotatable bonds is 6. The minimum Gasteiger partial charge on any atom is -0.355 e. The number of nitrogens with two attached hydrogens (primary N) is 1. The highest BCUT2D eigenvalue weighted by molar-refractivity contribution is 6.42. The second-order valence-electron chi connectivity index (χ2n) is 5.18. The van der Waals surface area contributed by atoms with Crippen molar-refractivity contribution in [2.75, 3.05) is 13.1 Å². The highest BCUT2D eigenvalue weighted by Gasteiger charge is 2.22. The highest BCUT2D eigenvalue weighted by atomic mass is 35.5. The SMILES string of the molecule is CC(C)(CNC(=O)CCCN)c1ccc(Cl)c(Cl)c1. The normalized spacial score (nSPS) is 11.4. The van der Waals surface area contributed by atoms with Crippen molar-refractivity contribution in [2.24, 2.45) is 5.73 Å². The van der Waals surface area contributed by atoms with Gasteiger partial charge in [0, 0.05) is 18.4 Å². The predicted octanol–water partition coefficient (Wildman–Crippen LogP) is 3.13. The summed E-state index contributed by atoms with van der Waals surface area (Å²) in [7, 11) is 0. The van der Waals surface area contributed by atoms with E-state index >= 15 is 0 Å². The fourth-order valence-electron chi connectivity index (χ4n) is 1.69. The third-order valence-electron chi connectivity index (χ3n) is 3.04. The average molecular weight is 303 g/mol. The standard InChI is InChI=1S/C14H20Cl2N2O/c1-14(2,9-18-13(19)4-3-7-17)10-5-6-11(15)12(16)8-10/h5-6,8H,3-4,7,9,17H2,1-2H3,(H,18,19). The van der Waals surface area contributed by atoms with E-state index in [2.05, 4.69) is 19.2 Å². The van der Waals surface area contributed by atoms with Gasteiger partial charge in [-0.2, -0.15) is 0 Å². The van der Waals surface area contributed by atoms with E-state index in [4.69, 9.17) is 28.9 Å².